The molecule has 176 valence electrons. The molecule has 7 nitrogen and oxygen atoms in total. The van der Waals surface area contributed by atoms with Gasteiger partial charge in [0, 0.05) is 44.6 Å². The Hall–Kier alpha value is -1.59. The smallest absolute Gasteiger partial charge is 0.289 e. The summed E-state index contributed by atoms with van der Waals surface area (Å²) in [4.78, 5) is 25.2. The first-order valence-electron chi connectivity index (χ1n) is 11.2. The highest BCUT2D eigenvalue weighted by molar-refractivity contribution is 14.0. The minimum atomic E-state index is -0.0373. The van der Waals surface area contributed by atoms with Gasteiger partial charge in [-0.1, -0.05) is 13.0 Å². The van der Waals surface area contributed by atoms with Crippen LogP contribution in [0.15, 0.2) is 45.3 Å². The molecule has 4 rings (SSSR count). The Labute approximate surface area is 211 Å². The first-order valence-corrected chi connectivity index (χ1v) is 12.1. The van der Waals surface area contributed by atoms with Crippen LogP contribution in [0, 0.1) is 5.92 Å². The Morgan fingerprint density at radius 2 is 1.88 bits per heavy atom. The highest BCUT2D eigenvalue weighted by Gasteiger charge is 2.28. The highest BCUT2D eigenvalue weighted by atomic mass is 127. The van der Waals surface area contributed by atoms with Crippen LogP contribution in [0.3, 0.4) is 0 Å². The fourth-order valence-corrected chi connectivity index (χ4v) is 5.29. The van der Waals surface area contributed by atoms with E-state index < -0.39 is 0 Å². The summed E-state index contributed by atoms with van der Waals surface area (Å²) >= 11 is 1.83. The summed E-state index contributed by atoms with van der Waals surface area (Å²) in [5.41, 5.74) is 0. The van der Waals surface area contributed by atoms with Crippen LogP contribution in [0.4, 0.5) is 0 Å². The van der Waals surface area contributed by atoms with Gasteiger partial charge in [0.25, 0.3) is 5.91 Å². The molecular formula is C23H34IN5O2S. The summed E-state index contributed by atoms with van der Waals surface area (Å²) in [5.74, 6) is 2.11. The van der Waals surface area contributed by atoms with E-state index in [2.05, 4.69) is 44.5 Å². The summed E-state index contributed by atoms with van der Waals surface area (Å²) in [6.45, 7) is 8.35. The van der Waals surface area contributed by atoms with Crippen LogP contribution in [-0.2, 0) is 0 Å². The van der Waals surface area contributed by atoms with Crippen molar-refractivity contribution in [2.75, 3.05) is 52.9 Å². The number of halogens is 1. The van der Waals surface area contributed by atoms with E-state index in [1.807, 2.05) is 23.3 Å². The summed E-state index contributed by atoms with van der Waals surface area (Å²) in [7, 11) is 1.84. The molecule has 32 heavy (non-hydrogen) atoms. The zero-order valence-corrected chi connectivity index (χ0v) is 22.1. The van der Waals surface area contributed by atoms with Gasteiger partial charge in [-0.05, 0) is 55.4 Å². The van der Waals surface area contributed by atoms with E-state index in [1.54, 1.807) is 18.4 Å². The Morgan fingerprint density at radius 1 is 1.16 bits per heavy atom. The Bertz CT molecular complexity index is 842. The number of carbonyl (C=O) groups excluding carboxylic acids is 1. The van der Waals surface area contributed by atoms with Gasteiger partial charge < -0.3 is 19.5 Å². The van der Waals surface area contributed by atoms with Crippen LogP contribution < -0.4 is 5.32 Å². The average Bonchev–Trinajstić information content (AvgIpc) is 3.52. The first kappa shape index (κ1) is 25.0. The van der Waals surface area contributed by atoms with E-state index in [0.717, 1.165) is 44.6 Å². The van der Waals surface area contributed by atoms with Crippen molar-refractivity contribution in [3.05, 3.63) is 46.5 Å². The number of nitrogens with zero attached hydrogens (tertiary/aromatic N) is 4. The van der Waals surface area contributed by atoms with E-state index >= 15 is 0 Å². The zero-order chi connectivity index (χ0) is 21.6. The SMILES string of the molecule is CN=C(NCC(c1cccs1)N1CCC(C)CC1)N1CCN(C(=O)c2ccco2)CC1.I. The molecule has 2 fully saturated rings. The number of piperidine rings is 1. The molecule has 1 atom stereocenters. The number of hydrogen-bond donors (Lipinski definition) is 1. The maximum absolute atomic E-state index is 12.5. The van der Waals surface area contributed by atoms with Gasteiger partial charge in [0.05, 0.1) is 12.3 Å². The van der Waals surface area contributed by atoms with Gasteiger partial charge in [0.2, 0.25) is 0 Å². The number of guanidine groups is 1. The topological polar surface area (TPSA) is 64.3 Å². The van der Waals surface area contributed by atoms with Gasteiger partial charge in [-0.15, -0.1) is 35.3 Å². The van der Waals surface area contributed by atoms with Crippen molar-refractivity contribution in [1.29, 1.82) is 0 Å². The van der Waals surface area contributed by atoms with Gasteiger partial charge >= 0.3 is 0 Å². The summed E-state index contributed by atoms with van der Waals surface area (Å²) in [6.07, 6.45) is 4.08. The van der Waals surface area contributed by atoms with Crippen LogP contribution in [-0.4, -0.2) is 79.4 Å². The second kappa shape index (κ2) is 12.0. The molecule has 0 bridgehead atoms. The van der Waals surface area contributed by atoms with Crippen LogP contribution in [0.2, 0.25) is 0 Å². The van der Waals surface area contributed by atoms with Gasteiger partial charge in [0.15, 0.2) is 11.7 Å². The quantitative estimate of drug-likeness (QED) is 0.337. The maximum Gasteiger partial charge on any atom is 0.289 e. The maximum atomic E-state index is 12.5. The monoisotopic (exact) mass is 571 g/mol. The van der Waals surface area contributed by atoms with Crippen molar-refractivity contribution in [1.82, 2.24) is 20.0 Å². The molecule has 2 aromatic heterocycles. The van der Waals surface area contributed by atoms with Crippen molar-refractivity contribution < 1.29 is 9.21 Å². The molecule has 1 unspecified atom stereocenters. The average molecular weight is 572 g/mol. The van der Waals surface area contributed by atoms with Crippen LogP contribution in [0.1, 0.15) is 41.2 Å². The van der Waals surface area contributed by atoms with E-state index in [0.29, 0.717) is 24.9 Å². The fourth-order valence-electron chi connectivity index (χ4n) is 4.43. The number of carbonyl (C=O) groups is 1. The Morgan fingerprint density at radius 3 is 2.47 bits per heavy atom. The van der Waals surface area contributed by atoms with Gasteiger partial charge in [-0.3, -0.25) is 14.7 Å². The first-order chi connectivity index (χ1) is 15.2. The molecular weight excluding hydrogens is 537 g/mol. The van der Waals surface area contributed by atoms with Crippen molar-refractivity contribution in [2.24, 2.45) is 10.9 Å². The van der Waals surface area contributed by atoms with Gasteiger partial charge in [0.1, 0.15) is 0 Å². The van der Waals surface area contributed by atoms with E-state index in [1.165, 1.54) is 17.7 Å². The molecule has 2 aromatic rings. The molecule has 0 spiro atoms. The standard InChI is InChI=1S/C23H33N5O2S.HI/c1-18-7-9-26(10-8-18)19(21-6-4-16-31-21)17-25-23(24-2)28-13-11-27(12-14-28)22(29)20-5-3-15-30-20;/h3-6,15-16,18-19H,7-14,17H2,1-2H3,(H,24,25);1H. The Kier molecular flexibility index (Phi) is 9.42. The molecule has 2 aliphatic heterocycles. The molecule has 0 aliphatic carbocycles. The number of nitrogens with one attached hydrogen (secondary N) is 1. The number of furan rings is 1. The lowest BCUT2D eigenvalue weighted by Gasteiger charge is -2.39. The number of thiophene rings is 1. The largest absolute Gasteiger partial charge is 0.459 e. The number of aliphatic imine (C=N–C) groups is 1. The van der Waals surface area contributed by atoms with Gasteiger partial charge in [-0.2, -0.15) is 0 Å². The lowest BCUT2D eigenvalue weighted by atomic mass is 9.97. The zero-order valence-electron chi connectivity index (χ0n) is 18.9. The van der Waals surface area contributed by atoms with E-state index in [9.17, 15) is 4.79 Å². The number of rotatable bonds is 5. The molecule has 2 saturated heterocycles. The summed E-state index contributed by atoms with van der Waals surface area (Å²) in [5, 5.41) is 5.79. The van der Waals surface area contributed by atoms with Crippen molar-refractivity contribution in [3.8, 4) is 0 Å². The van der Waals surface area contributed by atoms with Crippen molar-refractivity contribution in [2.45, 2.75) is 25.8 Å². The molecule has 0 radical (unpaired) electrons. The third-order valence-corrected chi connectivity index (χ3v) is 7.37. The van der Waals surface area contributed by atoms with Gasteiger partial charge in [-0.25, -0.2) is 0 Å². The third-order valence-electron chi connectivity index (χ3n) is 6.39. The second-order valence-corrected chi connectivity index (χ2v) is 9.41. The molecule has 0 saturated carbocycles. The van der Waals surface area contributed by atoms with E-state index in [4.69, 9.17) is 4.42 Å². The molecule has 9 heteroatoms. The molecule has 4 heterocycles. The number of likely N-dealkylation sites (tertiary alicyclic amines) is 1. The minimum absolute atomic E-state index is 0. The van der Waals surface area contributed by atoms with Crippen LogP contribution >= 0.6 is 35.3 Å². The lowest BCUT2D eigenvalue weighted by Crippen LogP contribution is -2.54. The Balaban J connectivity index is 0.00000289. The number of piperazine rings is 1. The predicted molar refractivity (Wildman–Crippen MR) is 140 cm³/mol. The van der Waals surface area contributed by atoms with Crippen LogP contribution in [0.5, 0.6) is 0 Å². The van der Waals surface area contributed by atoms with E-state index in [-0.39, 0.29) is 29.9 Å². The fraction of sp³-hybridized carbons (Fsp3) is 0.565. The second-order valence-electron chi connectivity index (χ2n) is 8.43. The highest BCUT2D eigenvalue weighted by Crippen LogP contribution is 2.29. The lowest BCUT2D eigenvalue weighted by molar-refractivity contribution is 0.0657. The van der Waals surface area contributed by atoms with Crippen LogP contribution in [0.25, 0.3) is 0 Å². The van der Waals surface area contributed by atoms with Crippen molar-refractivity contribution >= 4 is 47.2 Å². The normalized spacial score (nSPS) is 19.5. The number of hydrogen-bond acceptors (Lipinski definition) is 5. The summed E-state index contributed by atoms with van der Waals surface area (Å²) < 4.78 is 5.26. The number of amides is 1. The molecule has 1 N–H and O–H groups in total. The summed E-state index contributed by atoms with van der Waals surface area (Å²) in [6, 6.07) is 8.23. The van der Waals surface area contributed by atoms with Crippen molar-refractivity contribution in [3.63, 3.8) is 0 Å². The predicted octanol–water partition coefficient (Wildman–Crippen LogP) is 3.77. The molecule has 1 amide bonds. The third kappa shape index (κ3) is 6.05. The minimum Gasteiger partial charge on any atom is -0.459 e. The molecule has 0 aromatic carbocycles. The molecule has 2 aliphatic rings.